The standard InChI is InChI=1S/C22H27ClF3N5O2/c1-15(32)28(2)18-10-27-31(12-18)20(33)30-8-6-21(14-30)5-7-29(13-21)11-16-9-17(23)3-4-19(16)22(24,25)26/h3-4,9-10,12,15,32H,5-8,11,13-14H2,1-2H3. The molecule has 2 atom stereocenters. The maximum atomic E-state index is 13.4. The van der Waals surface area contributed by atoms with Crippen LogP contribution in [-0.2, 0) is 12.7 Å². The summed E-state index contributed by atoms with van der Waals surface area (Å²) in [5, 5.41) is 14.1. The van der Waals surface area contributed by atoms with Crippen molar-refractivity contribution in [3.05, 3.63) is 46.7 Å². The topological polar surface area (TPSA) is 64.8 Å². The second-order valence-corrected chi connectivity index (χ2v) is 9.54. The zero-order chi connectivity index (χ0) is 24.0. The lowest BCUT2D eigenvalue weighted by Gasteiger charge is -2.25. The van der Waals surface area contributed by atoms with E-state index in [0.717, 1.165) is 18.9 Å². The third kappa shape index (κ3) is 4.97. The number of likely N-dealkylation sites (tertiary alicyclic amines) is 2. The number of nitrogens with zero attached hydrogens (tertiary/aromatic N) is 5. The number of hydrogen-bond donors (Lipinski definition) is 1. The molecule has 4 rings (SSSR count). The zero-order valence-corrected chi connectivity index (χ0v) is 19.3. The number of anilines is 1. The number of hydrogen-bond acceptors (Lipinski definition) is 5. The van der Waals surface area contributed by atoms with Gasteiger partial charge in [0.25, 0.3) is 0 Å². The Kier molecular flexibility index (Phi) is 6.36. The predicted octanol–water partition coefficient (Wildman–Crippen LogP) is 3.90. The summed E-state index contributed by atoms with van der Waals surface area (Å²) in [5.41, 5.74) is -0.00255. The Hall–Kier alpha value is -2.30. The SMILES string of the molecule is CC(O)N(C)c1cnn(C(=O)N2CCC3(CCN(Cc4cc(Cl)ccc4C(F)(F)F)C3)C2)c1. The number of alkyl halides is 3. The van der Waals surface area contributed by atoms with Crippen LogP contribution < -0.4 is 4.90 Å². The van der Waals surface area contributed by atoms with Crippen molar-refractivity contribution in [3.63, 3.8) is 0 Å². The molecule has 11 heteroatoms. The molecule has 33 heavy (non-hydrogen) atoms. The van der Waals surface area contributed by atoms with Crippen molar-refractivity contribution in [1.82, 2.24) is 19.6 Å². The second-order valence-electron chi connectivity index (χ2n) is 9.10. The molecule has 2 aromatic rings. The van der Waals surface area contributed by atoms with Gasteiger partial charge in [0.2, 0.25) is 0 Å². The fourth-order valence-corrected chi connectivity index (χ4v) is 4.96. The van der Waals surface area contributed by atoms with E-state index < -0.39 is 18.0 Å². The zero-order valence-electron chi connectivity index (χ0n) is 18.5. The molecule has 1 amide bonds. The maximum absolute atomic E-state index is 13.4. The molecule has 2 saturated heterocycles. The molecular formula is C22H27ClF3N5O2. The van der Waals surface area contributed by atoms with Gasteiger partial charge in [0.05, 0.1) is 23.6 Å². The molecule has 0 radical (unpaired) electrons. The number of rotatable bonds is 4. The highest BCUT2D eigenvalue weighted by molar-refractivity contribution is 6.30. The van der Waals surface area contributed by atoms with E-state index in [2.05, 4.69) is 5.10 Å². The number of carbonyl (C=O) groups is 1. The molecule has 7 nitrogen and oxygen atoms in total. The minimum absolute atomic E-state index is 0.140. The molecule has 2 aliphatic rings. The van der Waals surface area contributed by atoms with Crippen LogP contribution in [0.15, 0.2) is 30.6 Å². The first kappa shape index (κ1) is 23.8. The lowest BCUT2D eigenvalue weighted by atomic mass is 9.86. The third-order valence-electron chi connectivity index (χ3n) is 6.73. The number of carbonyl (C=O) groups excluding carboxylic acids is 1. The molecule has 1 N–H and O–H groups in total. The van der Waals surface area contributed by atoms with Crippen molar-refractivity contribution in [3.8, 4) is 0 Å². The lowest BCUT2D eigenvalue weighted by molar-refractivity contribution is -0.138. The number of aliphatic hydroxyl groups excluding tert-OH is 1. The van der Waals surface area contributed by atoms with Crippen LogP contribution in [0.25, 0.3) is 0 Å². The largest absolute Gasteiger partial charge is 0.416 e. The van der Waals surface area contributed by atoms with E-state index in [-0.39, 0.29) is 28.6 Å². The van der Waals surface area contributed by atoms with Crippen LogP contribution in [0.1, 0.15) is 30.9 Å². The molecule has 180 valence electrons. The summed E-state index contributed by atoms with van der Waals surface area (Å²) < 4.78 is 41.5. The third-order valence-corrected chi connectivity index (χ3v) is 6.96. The molecule has 1 aromatic carbocycles. The maximum Gasteiger partial charge on any atom is 0.416 e. The van der Waals surface area contributed by atoms with Gasteiger partial charge in [-0.1, -0.05) is 11.6 Å². The van der Waals surface area contributed by atoms with E-state index in [9.17, 15) is 23.1 Å². The van der Waals surface area contributed by atoms with E-state index in [1.54, 1.807) is 30.0 Å². The summed E-state index contributed by atoms with van der Waals surface area (Å²) in [6.07, 6.45) is -0.435. The normalized spacial score (nSPS) is 22.3. The van der Waals surface area contributed by atoms with Gasteiger partial charge in [0.1, 0.15) is 6.23 Å². The smallest absolute Gasteiger partial charge is 0.374 e. The number of amides is 1. The van der Waals surface area contributed by atoms with E-state index in [4.69, 9.17) is 11.6 Å². The fourth-order valence-electron chi connectivity index (χ4n) is 4.77. The van der Waals surface area contributed by atoms with Crippen LogP contribution in [0, 0.1) is 5.41 Å². The number of benzene rings is 1. The van der Waals surface area contributed by atoms with Crippen LogP contribution in [-0.4, -0.2) is 70.2 Å². The van der Waals surface area contributed by atoms with Crippen LogP contribution >= 0.6 is 11.6 Å². The molecule has 2 unspecified atom stereocenters. The highest BCUT2D eigenvalue weighted by Crippen LogP contribution is 2.41. The molecular weight excluding hydrogens is 459 g/mol. The summed E-state index contributed by atoms with van der Waals surface area (Å²) in [5.74, 6) is 0. The van der Waals surface area contributed by atoms with Gasteiger partial charge in [0.15, 0.2) is 0 Å². The predicted molar refractivity (Wildman–Crippen MR) is 118 cm³/mol. The molecule has 2 fully saturated rings. The van der Waals surface area contributed by atoms with Crippen molar-refractivity contribution in [2.45, 2.75) is 38.7 Å². The van der Waals surface area contributed by atoms with Gasteiger partial charge < -0.3 is 14.9 Å². The Morgan fingerprint density at radius 3 is 2.73 bits per heavy atom. The van der Waals surface area contributed by atoms with Crippen molar-refractivity contribution in [2.75, 3.05) is 38.1 Å². The summed E-state index contributed by atoms with van der Waals surface area (Å²) in [4.78, 5) is 18.3. The minimum Gasteiger partial charge on any atom is -0.374 e. The van der Waals surface area contributed by atoms with Crippen molar-refractivity contribution < 1.29 is 23.1 Å². The van der Waals surface area contributed by atoms with Crippen molar-refractivity contribution in [2.24, 2.45) is 5.41 Å². The molecule has 3 heterocycles. The summed E-state index contributed by atoms with van der Waals surface area (Å²) >= 11 is 5.97. The average Bonchev–Trinajstić information content (AvgIpc) is 3.47. The first-order chi connectivity index (χ1) is 15.5. The molecule has 2 aliphatic heterocycles. The molecule has 0 saturated carbocycles. The van der Waals surface area contributed by atoms with Crippen LogP contribution in [0.2, 0.25) is 5.02 Å². The van der Waals surface area contributed by atoms with Gasteiger partial charge in [-0.15, -0.1) is 0 Å². The van der Waals surface area contributed by atoms with Crippen molar-refractivity contribution in [1.29, 1.82) is 0 Å². The quantitative estimate of drug-likeness (QED) is 0.665. The summed E-state index contributed by atoms with van der Waals surface area (Å²) in [6, 6.07) is 3.44. The Balaban J connectivity index is 1.41. The van der Waals surface area contributed by atoms with Gasteiger partial charge in [-0.2, -0.15) is 23.0 Å². The van der Waals surface area contributed by atoms with Crippen LogP contribution in [0.4, 0.5) is 23.7 Å². The summed E-state index contributed by atoms with van der Waals surface area (Å²) in [6.45, 7) is 4.17. The van der Waals surface area contributed by atoms with Gasteiger partial charge in [0, 0.05) is 43.7 Å². The summed E-state index contributed by atoms with van der Waals surface area (Å²) in [7, 11) is 1.71. The van der Waals surface area contributed by atoms with Crippen LogP contribution in [0.3, 0.4) is 0 Å². The van der Waals surface area contributed by atoms with Gasteiger partial charge in [-0.25, -0.2) is 4.79 Å². The number of halogens is 4. The van der Waals surface area contributed by atoms with E-state index in [1.165, 1.54) is 23.0 Å². The lowest BCUT2D eigenvalue weighted by Crippen LogP contribution is -2.36. The first-order valence-electron chi connectivity index (χ1n) is 10.8. The van der Waals surface area contributed by atoms with Gasteiger partial charge in [-0.3, -0.25) is 4.90 Å². The Morgan fingerprint density at radius 1 is 1.30 bits per heavy atom. The minimum atomic E-state index is -4.43. The Labute approximate surface area is 195 Å². The molecule has 0 bridgehead atoms. The van der Waals surface area contributed by atoms with E-state index >= 15 is 0 Å². The molecule has 1 aromatic heterocycles. The van der Waals surface area contributed by atoms with Crippen LogP contribution in [0.5, 0.6) is 0 Å². The van der Waals surface area contributed by atoms with E-state index in [0.29, 0.717) is 31.9 Å². The second kappa shape index (κ2) is 8.81. The Bertz CT molecular complexity index is 1030. The Morgan fingerprint density at radius 2 is 2.03 bits per heavy atom. The number of aliphatic hydroxyl groups is 1. The van der Waals surface area contributed by atoms with Gasteiger partial charge in [-0.05, 0) is 50.1 Å². The molecule has 0 aliphatic carbocycles. The molecule has 1 spiro atoms. The van der Waals surface area contributed by atoms with Crippen molar-refractivity contribution >= 4 is 23.3 Å². The fraction of sp³-hybridized carbons (Fsp3) is 0.545. The monoisotopic (exact) mass is 485 g/mol. The highest BCUT2D eigenvalue weighted by Gasteiger charge is 2.45. The highest BCUT2D eigenvalue weighted by atomic mass is 35.5. The number of aromatic nitrogens is 2. The average molecular weight is 486 g/mol. The van der Waals surface area contributed by atoms with E-state index in [1.807, 2.05) is 4.90 Å². The van der Waals surface area contributed by atoms with Gasteiger partial charge >= 0.3 is 12.2 Å². The first-order valence-corrected chi connectivity index (χ1v) is 11.2.